The maximum absolute atomic E-state index is 2.31. The van der Waals surface area contributed by atoms with E-state index in [1.807, 2.05) is 0 Å². The number of fused-ring (bicyclic) bond motifs is 3. The summed E-state index contributed by atoms with van der Waals surface area (Å²) in [5, 5.41) is 7.94. The van der Waals surface area contributed by atoms with E-state index < -0.39 is 0 Å². The molecule has 0 saturated heterocycles. The quantitative estimate of drug-likeness (QED) is 0.108. The Morgan fingerprint density at radius 1 is 0.0935 bits per heavy atom. The number of benzene rings is 23. The van der Waals surface area contributed by atoms with E-state index in [9.17, 15) is 0 Å². The Morgan fingerprint density at radius 3 is 0.705 bits per heavy atom. The predicted molar refractivity (Wildman–Crippen MR) is 601 cm³/mol. The first kappa shape index (κ1) is 93.6. The lowest BCUT2D eigenvalue weighted by molar-refractivity contribution is 1.46. The van der Waals surface area contributed by atoms with Gasteiger partial charge in [0.1, 0.15) is 0 Å². The van der Waals surface area contributed by atoms with E-state index >= 15 is 0 Å². The highest BCUT2D eigenvalue weighted by molar-refractivity contribution is 5.97. The number of hydrogen-bond donors (Lipinski definition) is 0. The molecule has 0 aliphatic heterocycles. The van der Waals surface area contributed by atoms with Crippen LogP contribution in [0.5, 0.6) is 0 Å². The first-order valence-corrected chi connectivity index (χ1v) is 48.0. The van der Waals surface area contributed by atoms with Gasteiger partial charge in [-0.25, -0.2) is 0 Å². The average molecular weight is 1780 g/mol. The van der Waals surface area contributed by atoms with Gasteiger partial charge in [0.2, 0.25) is 0 Å². The third kappa shape index (κ3) is 25.1. The number of aryl methyl sites for hydroxylation is 7. The van der Waals surface area contributed by atoms with Crippen LogP contribution in [0.1, 0.15) is 38.9 Å². The van der Waals surface area contributed by atoms with Crippen molar-refractivity contribution in [1.29, 1.82) is 0 Å². The van der Waals surface area contributed by atoms with E-state index in [4.69, 9.17) is 0 Å². The molecule has 23 aromatic rings. The zero-order chi connectivity index (χ0) is 95.3. The molecule has 0 atom stereocenters. The number of hydrogen-bond acceptors (Lipinski definition) is 0. The van der Waals surface area contributed by atoms with Crippen LogP contribution in [0.15, 0.2) is 564 Å². The van der Waals surface area contributed by atoms with Crippen molar-refractivity contribution in [3.63, 3.8) is 0 Å². The molecule has 0 aliphatic carbocycles. The monoisotopic (exact) mass is 1780 g/mol. The molecule has 23 rings (SSSR count). The molecule has 0 nitrogen and oxygen atoms in total. The van der Waals surface area contributed by atoms with E-state index in [1.165, 1.54) is 216 Å². The van der Waals surface area contributed by atoms with Crippen LogP contribution < -0.4 is 0 Å². The molecule has 0 heteroatoms. The lowest BCUT2D eigenvalue weighted by Crippen LogP contribution is -1.88. The standard InChI is InChI=1S/4C25H20.C17H14.2C11H10/c1-19-9-8-14-22(15-19)25-17-23(20-10-4-2-5-11-20)16-24(18-25)21-12-6-3-7-13-21;1-19-12-14-22(15-13-19)25-17-23(20-8-4-2-5-9-20)16-24(18-25)21-10-6-3-7-11-21;1-19-12-14-20(15-13-19)23-16-17-24(21-8-4-2-5-9-21)25(18-23)22-10-6-3-7-11-22;1-19-12-14-22(15-13-19)24-17-16-23(20-8-4-2-5-9-20)18-25(24)21-10-6-3-7-11-21;1-13-9-11-15(12-10-13)17-8-4-6-14-5-2-3-7-16(14)17;1-9-5-4-7-10-6-2-3-8-11(9)10;1-9-6-7-10-4-2-3-5-11(10)8-9/h4*2-18H,1H3;2-12H,1H3;2*2-8H,1H3. The van der Waals surface area contributed by atoms with Gasteiger partial charge in [-0.3, -0.25) is 0 Å². The van der Waals surface area contributed by atoms with E-state index in [0.717, 1.165) is 0 Å². The zero-order valence-electron chi connectivity index (χ0n) is 80.2. The predicted octanol–water partition coefficient (Wildman–Crippen LogP) is 39.1. The van der Waals surface area contributed by atoms with Gasteiger partial charge in [-0.1, -0.05) is 549 Å². The molecule has 0 N–H and O–H groups in total. The molecule has 0 unspecified atom stereocenters. The van der Waals surface area contributed by atoms with Crippen LogP contribution in [0.25, 0.3) is 177 Å². The molecule has 670 valence electrons. The summed E-state index contributed by atoms with van der Waals surface area (Å²) in [5.41, 5.74) is 41.7. The van der Waals surface area contributed by atoms with Gasteiger partial charge in [0, 0.05) is 0 Å². The second kappa shape index (κ2) is 46.7. The van der Waals surface area contributed by atoms with Crippen LogP contribution in [0.3, 0.4) is 0 Å². The van der Waals surface area contributed by atoms with E-state index in [-0.39, 0.29) is 0 Å². The second-order valence-electron chi connectivity index (χ2n) is 35.6. The third-order valence-electron chi connectivity index (χ3n) is 25.2. The summed E-state index contributed by atoms with van der Waals surface area (Å²) in [6.07, 6.45) is 0. The SMILES string of the molecule is Cc1ccc(-c2cc(-c3ccccc3)cc(-c3ccccc3)c2)cc1.Cc1ccc(-c2ccc(-c3ccccc3)c(-c3ccccc3)c2)cc1.Cc1ccc(-c2ccc(-c3ccccc3)cc2-c2ccccc2)cc1.Cc1ccc(-c2cccc3ccccc23)cc1.Cc1ccc2ccccc2c1.Cc1cccc(-c2cc(-c3ccccc3)cc(-c3ccccc3)c2)c1.Cc1cccc2ccccc12. The second-order valence-corrected chi connectivity index (χ2v) is 35.6. The molecule has 0 aromatic heterocycles. The molecule has 0 spiro atoms. The first-order valence-electron chi connectivity index (χ1n) is 48.0. The Balaban J connectivity index is 0.000000114. The molecule has 0 heterocycles. The Kier molecular flexibility index (Phi) is 31.4. The largest absolute Gasteiger partial charge is 0.0622 e. The minimum Gasteiger partial charge on any atom is -0.0622 e. The fourth-order valence-corrected chi connectivity index (χ4v) is 17.6. The summed E-state index contributed by atoms with van der Waals surface area (Å²) < 4.78 is 0. The number of rotatable bonds is 13. The van der Waals surface area contributed by atoms with Crippen molar-refractivity contribution in [3.8, 4) is 145 Å². The normalized spacial score (nSPS) is 10.6. The maximum Gasteiger partial charge on any atom is -0.00992 e. The van der Waals surface area contributed by atoms with Crippen LogP contribution in [0.4, 0.5) is 0 Å². The molecule has 0 aliphatic rings. The van der Waals surface area contributed by atoms with Crippen molar-refractivity contribution in [1.82, 2.24) is 0 Å². The summed E-state index contributed by atoms with van der Waals surface area (Å²) in [7, 11) is 0. The van der Waals surface area contributed by atoms with Crippen molar-refractivity contribution < 1.29 is 0 Å². The third-order valence-corrected chi connectivity index (χ3v) is 25.2. The van der Waals surface area contributed by atoms with Gasteiger partial charge >= 0.3 is 0 Å². The molecular formula is C139H114. The van der Waals surface area contributed by atoms with Crippen molar-refractivity contribution in [3.05, 3.63) is 603 Å². The lowest BCUT2D eigenvalue weighted by Gasteiger charge is -2.13. The molecule has 0 amide bonds. The van der Waals surface area contributed by atoms with Gasteiger partial charge < -0.3 is 0 Å². The van der Waals surface area contributed by atoms with Crippen molar-refractivity contribution >= 4 is 32.3 Å². The smallest absolute Gasteiger partial charge is 0.00992 e. The van der Waals surface area contributed by atoms with E-state index in [2.05, 4.69) is 613 Å². The highest BCUT2D eigenvalue weighted by atomic mass is 14.2. The molecule has 0 fully saturated rings. The molecule has 0 saturated carbocycles. The summed E-state index contributed by atoms with van der Waals surface area (Å²) in [5.74, 6) is 0. The fraction of sp³-hybridized carbons (Fsp3) is 0.0504. The Morgan fingerprint density at radius 2 is 0.324 bits per heavy atom. The summed E-state index contributed by atoms with van der Waals surface area (Å²) in [6.45, 7) is 14.9. The van der Waals surface area contributed by atoms with Gasteiger partial charge in [0.05, 0.1) is 0 Å². The van der Waals surface area contributed by atoms with Crippen LogP contribution in [-0.4, -0.2) is 0 Å². The van der Waals surface area contributed by atoms with Gasteiger partial charge in [-0.15, -0.1) is 0 Å². The topological polar surface area (TPSA) is 0 Å². The van der Waals surface area contributed by atoms with E-state index in [1.54, 1.807) is 0 Å². The molecule has 139 heavy (non-hydrogen) atoms. The molecular weight excluding hydrogens is 1670 g/mol. The Hall–Kier alpha value is -17.2. The minimum atomic E-state index is 1.24. The lowest BCUT2D eigenvalue weighted by atomic mass is 9.91. The molecule has 23 aromatic carbocycles. The molecule has 0 bridgehead atoms. The van der Waals surface area contributed by atoms with Crippen LogP contribution >= 0.6 is 0 Å². The molecule has 0 radical (unpaired) electrons. The van der Waals surface area contributed by atoms with Gasteiger partial charge in [-0.2, -0.15) is 0 Å². The van der Waals surface area contributed by atoms with Crippen LogP contribution in [0, 0.1) is 48.5 Å². The van der Waals surface area contributed by atoms with Crippen LogP contribution in [0.2, 0.25) is 0 Å². The van der Waals surface area contributed by atoms with Crippen molar-refractivity contribution in [2.24, 2.45) is 0 Å². The van der Waals surface area contributed by atoms with Gasteiger partial charge in [0.15, 0.2) is 0 Å². The summed E-state index contributed by atoms with van der Waals surface area (Å²) >= 11 is 0. The van der Waals surface area contributed by atoms with E-state index in [0.29, 0.717) is 0 Å². The fourth-order valence-electron chi connectivity index (χ4n) is 17.6. The highest BCUT2D eigenvalue weighted by Gasteiger charge is 2.15. The van der Waals surface area contributed by atoms with Crippen molar-refractivity contribution in [2.45, 2.75) is 48.5 Å². The zero-order valence-corrected chi connectivity index (χ0v) is 80.2. The maximum atomic E-state index is 2.31. The Bertz CT molecular complexity index is 7740. The highest BCUT2D eigenvalue weighted by Crippen LogP contribution is 2.41. The summed E-state index contributed by atoms with van der Waals surface area (Å²) in [4.78, 5) is 0. The van der Waals surface area contributed by atoms with Gasteiger partial charge in [-0.05, 0) is 280 Å². The Labute approximate surface area is 822 Å². The summed E-state index contributed by atoms with van der Waals surface area (Å²) in [6, 6.07) is 200. The van der Waals surface area contributed by atoms with Crippen LogP contribution in [-0.2, 0) is 0 Å². The first-order chi connectivity index (χ1) is 68.3. The average Bonchev–Trinajstić information content (AvgIpc) is 0.822. The van der Waals surface area contributed by atoms with Crippen molar-refractivity contribution in [2.75, 3.05) is 0 Å². The van der Waals surface area contributed by atoms with Gasteiger partial charge in [0.25, 0.3) is 0 Å². The minimum absolute atomic E-state index is 1.24.